The number of benzene rings is 15. The van der Waals surface area contributed by atoms with E-state index in [1.165, 1.54) is 89.0 Å². The molecule has 15 aromatic carbocycles. The molecule has 0 saturated heterocycles. The molecule has 18 aromatic rings. The Morgan fingerprint density at radius 1 is 0.186 bits per heavy atom. The highest BCUT2D eigenvalue weighted by molar-refractivity contribution is 6.00. The van der Waals surface area contributed by atoms with Crippen molar-refractivity contribution in [2.24, 2.45) is 0 Å². The van der Waals surface area contributed by atoms with E-state index in [9.17, 15) is 0 Å². The van der Waals surface area contributed by atoms with E-state index in [-0.39, 0.29) is 0 Å². The Kier molecular flexibility index (Phi) is 11.9. The normalized spacial score (nSPS) is 13.5. The van der Waals surface area contributed by atoms with Crippen LogP contribution in [-0.2, 0) is 10.8 Å². The molecule has 0 N–H and O–H groups in total. The summed E-state index contributed by atoms with van der Waals surface area (Å²) in [4.78, 5) is 21.7. The van der Waals surface area contributed by atoms with E-state index in [2.05, 4.69) is 349 Å². The van der Waals surface area contributed by atoms with Gasteiger partial charge in [0.1, 0.15) is 11.6 Å². The Bertz CT molecular complexity index is 6070. The molecule has 0 atom stereocenters. The second-order valence-electron chi connectivity index (χ2n) is 27.5. The molecule has 0 unspecified atom stereocenters. The fourth-order valence-electron chi connectivity index (χ4n) is 18.1. The Morgan fingerprint density at radius 2 is 0.451 bits per heavy atom. The Balaban J connectivity index is 0.638. The lowest BCUT2D eigenvalue weighted by molar-refractivity contribution is 0.794. The van der Waals surface area contributed by atoms with Crippen molar-refractivity contribution in [3.05, 3.63) is 396 Å². The van der Waals surface area contributed by atoms with Crippen molar-refractivity contribution in [2.75, 3.05) is 0 Å². The van der Waals surface area contributed by atoms with Crippen LogP contribution in [-0.4, -0.2) is 29.1 Å². The van der Waals surface area contributed by atoms with Crippen LogP contribution < -0.4 is 0 Å². The summed E-state index contributed by atoms with van der Waals surface area (Å²) in [5, 5.41) is 0. The number of rotatable bonds is 8. The van der Waals surface area contributed by atoms with Crippen molar-refractivity contribution in [3.8, 4) is 123 Å². The third-order valence-electron chi connectivity index (χ3n) is 22.4. The summed E-state index contributed by atoms with van der Waals surface area (Å²) in [5.74, 6) is 1.83. The standard InChI is InChI=1S/C96H58N6/c1-3-21-67(22-4-1)101-89-37-19-17-35-87(89)99-93(101)65-49-53-75-73-51-47-63(55-81(73)95(83(75)57-65)77-29-11-7-25-69(77)70-26-8-12-30-78(70)95)59-39-43-61(44-40-59)91-92(98-86-34-16-15-33-85(86)97-91)62-45-41-60(42-46-62)64-48-52-74-76-54-50-66(94-100-88-36-18-20-38-90(88)102(94)68-23-5-2-6-24-68)58-84(76)96(82(74)56-64)79-31-13-9-27-71(79)72-28-10-14-32-80(72)96/h1-58H. The summed E-state index contributed by atoms with van der Waals surface area (Å²) >= 11 is 0. The largest absolute Gasteiger partial charge is 0.292 e. The summed E-state index contributed by atoms with van der Waals surface area (Å²) < 4.78 is 4.62. The minimum Gasteiger partial charge on any atom is -0.292 e. The third-order valence-corrected chi connectivity index (χ3v) is 22.4. The van der Waals surface area contributed by atoms with Gasteiger partial charge in [-0.2, -0.15) is 0 Å². The van der Waals surface area contributed by atoms with E-state index in [1.54, 1.807) is 0 Å². The van der Waals surface area contributed by atoms with E-state index >= 15 is 0 Å². The predicted molar refractivity (Wildman–Crippen MR) is 414 cm³/mol. The van der Waals surface area contributed by atoms with Crippen LogP contribution in [0.4, 0.5) is 0 Å². The smallest absolute Gasteiger partial charge is 0.145 e. The molecule has 472 valence electrons. The topological polar surface area (TPSA) is 61.4 Å². The minimum absolute atomic E-state index is 0.585. The molecule has 3 heterocycles. The van der Waals surface area contributed by atoms with Crippen molar-refractivity contribution in [2.45, 2.75) is 10.8 Å². The van der Waals surface area contributed by atoms with Gasteiger partial charge >= 0.3 is 0 Å². The molecular formula is C96H58N6. The molecule has 4 aliphatic rings. The number of fused-ring (bicyclic) bond motifs is 23. The van der Waals surface area contributed by atoms with Gasteiger partial charge in [-0.05, 0) is 196 Å². The van der Waals surface area contributed by atoms with Gasteiger partial charge in [-0.3, -0.25) is 9.13 Å². The van der Waals surface area contributed by atoms with Crippen LogP contribution in [0.2, 0.25) is 0 Å². The van der Waals surface area contributed by atoms with E-state index in [0.717, 1.165) is 112 Å². The number of imidazole rings is 2. The maximum absolute atomic E-state index is 5.45. The summed E-state index contributed by atoms with van der Waals surface area (Å²) in [5.41, 5.74) is 37.4. The van der Waals surface area contributed by atoms with Gasteiger partial charge in [0.2, 0.25) is 0 Å². The Labute approximate surface area is 589 Å². The highest BCUT2D eigenvalue weighted by Gasteiger charge is 2.54. The lowest BCUT2D eigenvalue weighted by Gasteiger charge is -2.31. The highest BCUT2D eigenvalue weighted by Crippen LogP contribution is 2.66. The number of para-hydroxylation sites is 8. The van der Waals surface area contributed by atoms with Gasteiger partial charge in [-0.25, -0.2) is 19.9 Å². The molecule has 102 heavy (non-hydrogen) atoms. The molecule has 3 aromatic heterocycles. The van der Waals surface area contributed by atoms with Crippen LogP contribution in [0.1, 0.15) is 44.5 Å². The molecule has 6 nitrogen and oxygen atoms in total. The second kappa shape index (κ2) is 21.5. The monoisotopic (exact) mass is 1290 g/mol. The second-order valence-corrected chi connectivity index (χ2v) is 27.5. The molecular weight excluding hydrogens is 1240 g/mol. The maximum Gasteiger partial charge on any atom is 0.145 e. The molecule has 0 fully saturated rings. The predicted octanol–water partition coefficient (Wildman–Crippen LogP) is 23.0. The lowest BCUT2D eigenvalue weighted by atomic mass is 9.70. The van der Waals surface area contributed by atoms with Crippen molar-refractivity contribution in [3.63, 3.8) is 0 Å². The Morgan fingerprint density at radius 3 is 0.814 bits per heavy atom. The number of nitrogens with zero attached hydrogens (tertiary/aromatic N) is 6. The van der Waals surface area contributed by atoms with Crippen LogP contribution in [0.3, 0.4) is 0 Å². The van der Waals surface area contributed by atoms with Crippen molar-refractivity contribution in [1.82, 2.24) is 29.1 Å². The minimum atomic E-state index is -0.585. The van der Waals surface area contributed by atoms with Crippen LogP contribution >= 0.6 is 0 Å². The van der Waals surface area contributed by atoms with E-state index in [1.807, 2.05) is 12.1 Å². The molecule has 4 aliphatic carbocycles. The highest BCUT2D eigenvalue weighted by atomic mass is 15.1. The summed E-state index contributed by atoms with van der Waals surface area (Å²) in [6.07, 6.45) is 0. The average molecular weight is 1300 g/mol. The zero-order chi connectivity index (χ0) is 66.8. The van der Waals surface area contributed by atoms with Gasteiger partial charge < -0.3 is 0 Å². The quantitative estimate of drug-likeness (QED) is 0.152. The first-order valence-electron chi connectivity index (χ1n) is 35.1. The third kappa shape index (κ3) is 7.89. The zero-order valence-corrected chi connectivity index (χ0v) is 55.2. The molecule has 0 saturated carbocycles. The number of hydrogen-bond donors (Lipinski definition) is 0. The molecule has 6 heteroatoms. The molecule has 22 rings (SSSR count). The van der Waals surface area contributed by atoms with Crippen LogP contribution in [0.5, 0.6) is 0 Å². The lowest BCUT2D eigenvalue weighted by Crippen LogP contribution is -2.26. The van der Waals surface area contributed by atoms with Crippen molar-refractivity contribution in [1.29, 1.82) is 0 Å². The summed E-state index contributed by atoms with van der Waals surface area (Å²) in [6.45, 7) is 0. The maximum atomic E-state index is 5.45. The first-order valence-corrected chi connectivity index (χ1v) is 35.1. The molecule has 0 aliphatic heterocycles. The van der Waals surface area contributed by atoms with Crippen molar-refractivity contribution < 1.29 is 0 Å². The number of aromatic nitrogens is 6. The fraction of sp³-hybridized carbons (Fsp3) is 0.0208. The first kappa shape index (κ1) is 56.6. The fourth-order valence-corrected chi connectivity index (χ4v) is 18.1. The molecule has 0 radical (unpaired) electrons. The summed E-state index contributed by atoms with van der Waals surface area (Å²) in [7, 11) is 0. The SMILES string of the molecule is c1ccc(-n2c(-c3ccc4c(c3)C3(c5ccccc5-c5ccccc53)c3cc(-c5ccc(-c6nc7ccccc7nc6-c6ccc(-c7ccc8c(c7)C7(c9ccccc9-c9ccccc97)c7cc(-c9nc%10ccccc%10n9-c9ccccc9)ccc7-8)cc6)cc5)ccc3-4)nc3ccccc32)cc1. The van der Waals surface area contributed by atoms with E-state index < -0.39 is 10.8 Å². The van der Waals surface area contributed by atoms with Crippen LogP contribution in [0, 0.1) is 0 Å². The first-order chi connectivity index (χ1) is 50.6. The van der Waals surface area contributed by atoms with Crippen molar-refractivity contribution >= 4 is 33.1 Å². The van der Waals surface area contributed by atoms with Gasteiger partial charge in [0.05, 0.1) is 55.3 Å². The number of hydrogen-bond acceptors (Lipinski definition) is 4. The molecule has 0 bridgehead atoms. The van der Waals surface area contributed by atoms with Gasteiger partial charge in [-0.1, -0.05) is 267 Å². The van der Waals surface area contributed by atoms with Gasteiger partial charge in [0.15, 0.2) is 0 Å². The van der Waals surface area contributed by atoms with E-state index in [0.29, 0.717) is 0 Å². The molecule has 0 amide bonds. The summed E-state index contributed by atoms with van der Waals surface area (Å²) in [6, 6.07) is 129. The average Bonchev–Trinajstić information content (AvgIpc) is 1.51. The zero-order valence-electron chi connectivity index (χ0n) is 55.2. The van der Waals surface area contributed by atoms with Gasteiger partial charge in [0.25, 0.3) is 0 Å². The van der Waals surface area contributed by atoms with Gasteiger partial charge in [-0.15, -0.1) is 0 Å². The Hall–Kier alpha value is -13.4. The van der Waals surface area contributed by atoms with Crippen LogP contribution in [0.25, 0.3) is 157 Å². The van der Waals surface area contributed by atoms with E-state index in [4.69, 9.17) is 19.9 Å². The van der Waals surface area contributed by atoms with Gasteiger partial charge in [0, 0.05) is 33.6 Å². The molecule has 2 spiro atoms. The van der Waals surface area contributed by atoms with Crippen LogP contribution in [0.15, 0.2) is 352 Å².